The Labute approximate surface area is 161 Å². The number of amides is 2. The van der Waals surface area contributed by atoms with Gasteiger partial charge in [0.25, 0.3) is 0 Å². The van der Waals surface area contributed by atoms with Gasteiger partial charge in [-0.3, -0.25) is 14.5 Å². The van der Waals surface area contributed by atoms with Gasteiger partial charge in [-0.25, -0.2) is 8.42 Å². The van der Waals surface area contributed by atoms with E-state index in [1.165, 1.54) is 10.4 Å². The van der Waals surface area contributed by atoms with Gasteiger partial charge in [0.15, 0.2) is 0 Å². The van der Waals surface area contributed by atoms with Crippen molar-refractivity contribution in [1.29, 1.82) is 0 Å². The minimum Gasteiger partial charge on any atom is -0.354 e. The highest BCUT2D eigenvalue weighted by Gasteiger charge is 2.27. The molecule has 1 fully saturated rings. The number of benzene rings is 1. The second-order valence-electron chi connectivity index (χ2n) is 6.56. The van der Waals surface area contributed by atoms with E-state index in [0.717, 1.165) is 0 Å². The minimum atomic E-state index is -3.62. The summed E-state index contributed by atoms with van der Waals surface area (Å²) < 4.78 is 27.0. The molecule has 1 aromatic carbocycles. The summed E-state index contributed by atoms with van der Waals surface area (Å²) in [5.74, 6) is -0.386. The number of hydrogen-bond donors (Lipinski definition) is 2. The Morgan fingerprint density at radius 3 is 2.59 bits per heavy atom. The number of carbonyl (C=O) groups excluding carboxylic acids is 2. The van der Waals surface area contributed by atoms with E-state index in [1.54, 1.807) is 44.7 Å². The predicted molar refractivity (Wildman–Crippen MR) is 104 cm³/mol. The molecule has 1 aliphatic heterocycles. The normalized spacial score (nSPS) is 16.9. The predicted octanol–water partition coefficient (Wildman–Crippen LogP) is 0.784. The molecule has 27 heavy (non-hydrogen) atoms. The maximum Gasteiger partial charge on any atom is 0.243 e. The molecule has 0 bridgehead atoms. The van der Waals surface area contributed by atoms with Gasteiger partial charge >= 0.3 is 0 Å². The molecule has 0 saturated carbocycles. The van der Waals surface area contributed by atoms with Crippen LogP contribution in [0.25, 0.3) is 0 Å². The molecular formula is C18H28N4O4S. The first-order valence-corrected chi connectivity index (χ1v) is 10.6. The maximum absolute atomic E-state index is 12.8. The van der Waals surface area contributed by atoms with Gasteiger partial charge in [-0.05, 0) is 31.5 Å². The van der Waals surface area contributed by atoms with Crippen LogP contribution in [0.3, 0.4) is 0 Å². The third kappa shape index (κ3) is 4.85. The first-order valence-electron chi connectivity index (χ1n) is 9.13. The van der Waals surface area contributed by atoms with E-state index in [-0.39, 0.29) is 23.3 Å². The van der Waals surface area contributed by atoms with Crippen LogP contribution in [0.1, 0.15) is 26.3 Å². The number of sulfonamides is 1. The molecule has 9 heteroatoms. The van der Waals surface area contributed by atoms with Crippen LogP contribution in [-0.2, 0) is 19.6 Å². The molecule has 1 saturated heterocycles. The van der Waals surface area contributed by atoms with Crippen molar-refractivity contribution in [2.24, 2.45) is 0 Å². The lowest BCUT2D eigenvalue weighted by atomic mass is 10.2. The lowest BCUT2D eigenvalue weighted by Crippen LogP contribution is -2.53. The highest BCUT2D eigenvalue weighted by Crippen LogP contribution is 2.24. The van der Waals surface area contributed by atoms with Crippen molar-refractivity contribution in [3.8, 4) is 0 Å². The zero-order valence-corrected chi connectivity index (χ0v) is 17.1. The standard InChI is InChI=1S/C18H28N4O4S/c1-5-22(6-2)27(25,26)16-11-15(8-7-13(16)3)20-18(24)14(4)21-10-9-19-17(23)12-21/h7-8,11,14H,5-6,9-10,12H2,1-4H3,(H,19,23)(H,20,24)/t14-/m0/s1. The number of nitrogens with one attached hydrogen (secondary N) is 2. The highest BCUT2D eigenvalue weighted by molar-refractivity contribution is 7.89. The quantitative estimate of drug-likeness (QED) is 0.710. The zero-order valence-electron chi connectivity index (χ0n) is 16.3. The molecule has 0 spiro atoms. The van der Waals surface area contributed by atoms with E-state index in [9.17, 15) is 18.0 Å². The van der Waals surface area contributed by atoms with Crippen molar-refractivity contribution in [3.63, 3.8) is 0 Å². The van der Waals surface area contributed by atoms with Gasteiger partial charge in [0, 0.05) is 31.9 Å². The maximum atomic E-state index is 12.8. The summed E-state index contributed by atoms with van der Waals surface area (Å²) in [6.45, 7) is 9.07. The van der Waals surface area contributed by atoms with Crippen LogP contribution in [0.2, 0.25) is 0 Å². The fraction of sp³-hybridized carbons (Fsp3) is 0.556. The molecule has 0 unspecified atom stereocenters. The molecule has 0 aromatic heterocycles. The smallest absolute Gasteiger partial charge is 0.243 e. The number of anilines is 1. The second-order valence-corrected chi connectivity index (χ2v) is 8.46. The number of rotatable bonds is 7. The first-order chi connectivity index (χ1) is 12.7. The van der Waals surface area contributed by atoms with Crippen molar-refractivity contribution in [3.05, 3.63) is 23.8 Å². The van der Waals surface area contributed by atoms with Crippen LogP contribution >= 0.6 is 0 Å². The van der Waals surface area contributed by atoms with Crippen LogP contribution in [0.15, 0.2) is 23.1 Å². The Balaban J connectivity index is 2.20. The Morgan fingerprint density at radius 1 is 1.33 bits per heavy atom. The van der Waals surface area contributed by atoms with E-state index >= 15 is 0 Å². The summed E-state index contributed by atoms with van der Waals surface area (Å²) >= 11 is 0. The lowest BCUT2D eigenvalue weighted by molar-refractivity contribution is -0.127. The fourth-order valence-electron chi connectivity index (χ4n) is 3.06. The van der Waals surface area contributed by atoms with Crippen molar-refractivity contribution in [1.82, 2.24) is 14.5 Å². The average molecular weight is 397 g/mol. The molecule has 150 valence electrons. The third-order valence-electron chi connectivity index (χ3n) is 4.77. The summed E-state index contributed by atoms with van der Waals surface area (Å²) in [6.07, 6.45) is 0. The van der Waals surface area contributed by atoms with E-state index < -0.39 is 16.1 Å². The van der Waals surface area contributed by atoms with E-state index in [0.29, 0.717) is 37.4 Å². The monoisotopic (exact) mass is 396 g/mol. The number of aryl methyl sites for hydroxylation is 1. The van der Waals surface area contributed by atoms with Crippen molar-refractivity contribution in [2.45, 2.75) is 38.6 Å². The Morgan fingerprint density at radius 2 is 2.00 bits per heavy atom. The molecule has 2 N–H and O–H groups in total. The van der Waals surface area contributed by atoms with Gasteiger partial charge in [-0.1, -0.05) is 19.9 Å². The zero-order chi connectivity index (χ0) is 20.2. The topological polar surface area (TPSA) is 98.8 Å². The summed E-state index contributed by atoms with van der Waals surface area (Å²) in [4.78, 5) is 26.1. The van der Waals surface area contributed by atoms with E-state index in [1.807, 2.05) is 0 Å². The van der Waals surface area contributed by atoms with Gasteiger partial charge in [-0.15, -0.1) is 0 Å². The van der Waals surface area contributed by atoms with Gasteiger partial charge in [0.05, 0.1) is 17.5 Å². The number of hydrogen-bond acceptors (Lipinski definition) is 5. The van der Waals surface area contributed by atoms with Crippen LogP contribution in [0.4, 0.5) is 5.69 Å². The summed E-state index contributed by atoms with van der Waals surface area (Å²) in [6, 6.07) is 4.37. The molecule has 1 heterocycles. The largest absolute Gasteiger partial charge is 0.354 e. The summed E-state index contributed by atoms with van der Waals surface area (Å²) in [5, 5.41) is 5.50. The fourth-order valence-corrected chi connectivity index (χ4v) is 4.77. The van der Waals surface area contributed by atoms with E-state index in [2.05, 4.69) is 10.6 Å². The molecule has 1 aliphatic rings. The summed E-state index contributed by atoms with van der Waals surface area (Å²) in [7, 11) is -3.62. The molecule has 8 nitrogen and oxygen atoms in total. The van der Waals surface area contributed by atoms with Crippen LogP contribution in [0, 0.1) is 6.92 Å². The molecular weight excluding hydrogens is 368 g/mol. The second kappa shape index (κ2) is 8.81. The molecule has 2 amide bonds. The molecule has 0 radical (unpaired) electrons. The molecule has 1 atom stereocenters. The Kier molecular flexibility index (Phi) is 6.96. The van der Waals surface area contributed by atoms with Crippen LogP contribution in [0.5, 0.6) is 0 Å². The first kappa shape index (κ1) is 21.3. The van der Waals surface area contributed by atoms with Crippen LogP contribution < -0.4 is 10.6 Å². The van der Waals surface area contributed by atoms with Gasteiger partial charge in [0.1, 0.15) is 0 Å². The molecule has 2 rings (SSSR count). The highest BCUT2D eigenvalue weighted by atomic mass is 32.2. The van der Waals surface area contributed by atoms with Gasteiger partial charge in [-0.2, -0.15) is 4.31 Å². The molecule has 0 aliphatic carbocycles. The minimum absolute atomic E-state index is 0.108. The number of carbonyl (C=O) groups is 2. The van der Waals surface area contributed by atoms with E-state index in [4.69, 9.17) is 0 Å². The Bertz CT molecular complexity index is 806. The lowest BCUT2D eigenvalue weighted by Gasteiger charge is -2.31. The SMILES string of the molecule is CCN(CC)S(=O)(=O)c1cc(NC(=O)[C@H](C)N2CCNC(=O)C2)ccc1C. The van der Waals surface area contributed by atoms with Gasteiger partial charge in [0.2, 0.25) is 21.8 Å². The van der Waals surface area contributed by atoms with Crippen molar-refractivity contribution in [2.75, 3.05) is 38.0 Å². The number of piperazine rings is 1. The van der Waals surface area contributed by atoms with Crippen molar-refractivity contribution >= 4 is 27.5 Å². The van der Waals surface area contributed by atoms with Crippen LogP contribution in [-0.4, -0.2) is 68.2 Å². The van der Waals surface area contributed by atoms with Gasteiger partial charge < -0.3 is 10.6 Å². The third-order valence-corrected chi connectivity index (χ3v) is 6.97. The number of nitrogens with zero attached hydrogens (tertiary/aromatic N) is 2. The Hall–Kier alpha value is -1.97. The summed E-state index contributed by atoms with van der Waals surface area (Å²) in [5.41, 5.74) is 1.05. The van der Waals surface area contributed by atoms with Crippen molar-refractivity contribution < 1.29 is 18.0 Å². The average Bonchev–Trinajstić information content (AvgIpc) is 2.63. The molecule has 1 aromatic rings.